The Morgan fingerprint density at radius 2 is 1.57 bits per heavy atom. The molecular weight excluding hydrogens is 382 g/mol. The minimum atomic E-state index is -0.431. The van der Waals surface area contributed by atoms with Crippen molar-refractivity contribution in [1.82, 2.24) is 9.58 Å². The van der Waals surface area contributed by atoms with Crippen molar-refractivity contribution in [2.75, 3.05) is 7.11 Å². The second-order valence-electron chi connectivity index (χ2n) is 6.91. The summed E-state index contributed by atoms with van der Waals surface area (Å²) in [6, 6.07) is 15.7. The summed E-state index contributed by atoms with van der Waals surface area (Å²) in [7, 11) is 1.34. The van der Waals surface area contributed by atoms with E-state index in [0.29, 0.717) is 16.7 Å². The number of carbonyl (C=O) groups is 3. The van der Waals surface area contributed by atoms with Gasteiger partial charge in [0, 0.05) is 22.6 Å². The first-order valence-corrected chi connectivity index (χ1v) is 9.32. The van der Waals surface area contributed by atoms with E-state index in [2.05, 4.69) is 5.10 Å². The van der Waals surface area contributed by atoms with Crippen LogP contribution >= 0.6 is 0 Å². The number of hydrogen-bond acceptors (Lipinski definition) is 5. The highest BCUT2D eigenvalue weighted by atomic mass is 16.5. The van der Waals surface area contributed by atoms with Crippen LogP contribution in [0.15, 0.2) is 59.7 Å². The van der Waals surface area contributed by atoms with Gasteiger partial charge in [0.2, 0.25) is 0 Å². The molecule has 7 heteroatoms. The van der Waals surface area contributed by atoms with Crippen molar-refractivity contribution in [3.05, 3.63) is 88.2 Å². The first-order chi connectivity index (χ1) is 14.4. The summed E-state index contributed by atoms with van der Waals surface area (Å²) in [4.78, 5) is 36.6. The second-order valence-corrected chi connectivity index (χ2v) is 6.91. The Morgan fingerprint density at radius 3 is 2.13 bits per heavy atom. The number of aromatic nitrogens is 1. The van der Waals surface area contributed by atoms with E-state index in [1.807, 2.05) is 36.6 Å². The third kappa shape index (κ3) is 3.10. The fourth-order valence-corrected chi connectivity index (χ4v) is 3.58. The second kappa shape index (κ2) is 7.44. The van der Waals surface area contributed by atoms with Crippen LogP contribution in [0.3, 0.4) is 0 Å². The lowest BCUT2D eigenvalue weighted by Crippen LogP contribution is -2.24. The Labute approximate surface area is 173 Å². The molecule has 1 aliphatic heterocycles. The summed E-state index contributed by atoms with van der Waals surface area (Å²) >= 11 is 0. The van der Waals surface area contributed by atoms with Gasteiger partial charge in [0.15, 0.2) is 0 Å². The highest BCUT2D eigenvalue weighted by molar-refractivity contribution is 6.21. The van der Waals surface area contributed by atoms with Crippen LogP contribution in [-0.4, -0.2) is 40.7 Å². The number of esters is 1. The van der Waals surface area contributed by atoms with Gasteiger partial charge in [-0.25, -0.2) is 4.79 Å². The molecule has 0 atom stereocenters. The number of benzene rings is 2. The zero-order valence-electron chi connectivity index (χ0n) is 16.7. The van der Waals surface area contributed by atoms with Crippen LogP contribution in [0.1, 0.15) is 48.0 Å². The normalized spacial score (nSPS) is 13.2. The number of hydrogen-bond donors (Lipinski definition) is 0. The van der Waals surface area contributed by atoms with Crippen LogP contribution in [0.4, 0.5) is 0 Å². The summed E-state index contributed by atoms with van der Waals surface area (Å²) in [5, 5.41) is 5.05. The Balaban J connectivity index is 1.63. The average molecular weight is 401 g/mol. The van der Waals surface area contributed by atoms with E-state index in [4.69, 9.17) is 4.74 Å². The molecule has 0 N–H and O–H groups in total. The number of rotatable bonds is 4. The first-order valence-electron chi connectivity index (χ1n) is 9.32. The molecule has 2 aromatic carbocycles. The molecular formula is C23H19N3O4. The first kappa shape index (κ1) is 19.3. The van der Waals surface area contributed by atoms with Crippen LogP contribution < -0.4 is 0 Å². The minimum Gasteiger partial charge on any atom is -0.465 e. The van der Waals surface area contributed by atoms with Gasteiger partial charge >= 0.3 is 5.97 Å². The monoisotopic (exact) mass is 401 g/mol. The number of methoxy groups -OCH3 is 1. The Kier molecular flexibility index (Phi) is 4.79. The molecule has 3 aromatic rings. The van der Waals surface area contributed by atoms with Crippen molar-refractivity contribution in [2.45, 2.75) is 13.8 Å². The molecule has 0 saturated carbocycles. The third-order valence-electron chi connectivity index (χ3n) is 5.10. The number of aryl methyl sites for hydroxylation is 1. The number of nitrogens with zero attached hydrogens (tertiary/aromatic N) is 3. The SMILES string of the molecule is COC(=O)c1ccc(-n2c(C)cc(/C=N\N3C(=O)c4ccccc4C3=O)c2C)cc1. The molecule has 0 unspecified atom stereocenters. The molecule has 0 spiro atoms. The summed E-state index contributed by atoms with van der Waals surface area (Å²) in [5.41, 5.74) is 4.67. The molecule has 30 heavy (non-hydrogen) atoms. The van der Waals surface area contributed by atoms with Gasteiger partial charge in [-0.05, 0) is 56.3 Å². The van der Waals surface area contributed by atoms with Gasteiger partial charge in [0.1, 0.15) is 0 Å². The lowest BCUT2D eigenvalue weighted by atomic mass is 10.1. The van der Waals surface area contributed by atoms with Crippen molar-refractivity contribution in [1.29, 1.82) is 0 Å². The maximum atomic E-state index is 12.5. The summed E-state index contributed by atoms with van der Waals surface area (Å²) in [5.74, 6) is -1.26. The molecule has 0 aliphatic carbocycles. The zero-order chi connectivity index (χ0) is 21.4. The standard InChI is InChI=1S/C23H19N3O4/c1-14-12-17(13-24-26-21(27)19-6-4-5-7-20(19)22(26)28)15(2)25(14)18-10-8-16(9-11-18)23(29)30-3/h4-13H,1-3H3/b24-13-. The summed E-state index contributed by atoms with van der Waals surface area (Å²) < 4.78 is 6.74. The minimum absolute atomic E-state index is 0.357. The van der Waals surface area contributed by atoms with Crippen molar-refractivity contribution >= 4 is 24.0 Å². The fraction of sp³-hybridized carbons (Fsp3) is 0.130. The van der Waals surface area contributed by atoms with E-state index < -0.39 is 17.8 Å². The fourth-order valence-electron chi connectivity index (χ4n) is 3.58. The maximum absolute atomic E-state index is 12.5. The molecule has 0 bridgehead atoms. The highest BCUT2D eigenvalue weighted by Crippen LogP contribution is 2.24. The molecule has 1 aliphatic rings. The summed E-state index contributed by atoms with van der Waals surface area (Å²) in [6.45, 7) is 3.87. The number of hydrazone groups is 1. The van der Waals surface area contributed by atoms with Crippen LogP contribution in [0.5, 0.6) is 0 Å². The van der Waals surface area contributed by atoms with Crippen molar-refractivity contribution in [3.8, 4) is 5.69 Å². The van der Waals surface area contributed by atoms with E-state index in [9.17, 15) is 14.4 Å². The maximum Gasteiger partial charge on any atom is 0.337 e. The smallest absolute Gasteiger partial charge is 0.337 e. The molecule has 1 aromatic heterocycles. The Bertz CT molecular complexity index is 1170. The molecule has 2 heterocycles. The van der Waals surface area contributed by atoms with Crippen LogP contribution in [-0.2, 0) is 4.74 Å². The number of ether oxygens (including phenoxy) is 1. The molecule has 4 rings (SSSR count). The molecule has 7 nitrogen and oxygen atoms in total. The van der Waals surface area contributed by atoms with Gasteiger partial charge in [0.25, 0.3) is 11.8 Å². The van der Waals surface area contributed by atoms with Gasteiger partial charge in [-0.1, -0.05) is 12.1 Å². The van der Waals surface area contributed by atoms with E-state index in [1.54, 1.807) is 36.4 Å². The number of carbonyl (C=O) groups excluding carboxylic acids is 3. The number of imide groups is 1. The lowest BCUT2D eigenvalue weighted by molar-refractivity contribution is 0.0598. The van der Waals surface area contributed by atoms with Gasteiger partial charge in [-0.15, -0.1) is 0 Å². The van der Waals surface area contributed by atoms with Crippen molar-refractivity contribution in [2.24, 2.45) is 5.10 Å². The van der Waals surface area contributed by atoms with Crippen molar-refractivity contribution in [3.63, 3.8) is 0 Å². The predicted octanol–water partition coefficient (Wildman–Crippen LogP) is 3.51. The van der Waals surface area contributed by atoms with E-state index in [0.717, 1.165) is 27.6 Å². The third-order valence-corrected chi connectivity index (χ3v) is 5.10. The molecule has 0 saturated heterocycles. The van der Waals surface area contributed by atoms with Gasteiger partial charge in [-0.3, -0.25) is 9.59 Å². The largest absolute Gasteiger partial charge is 0.465 e. The molecule has 150 valence electrons. The van der Waals surface area contributed by atoms with E-state index in [1.165, 1.54) is 13.3 Å². The Morgan fingerprint density at radius 1 is 0.967 bits per heavy atom. The predicted molar refractivity (Wildman–Crippen MR) is 111 cm³/mol. The Hall–Kier alpha value is -4.00. The van der Waals surface area contributed by atoms with Crippen molar-refractivity contribution < 1.29 is 19.1 Å². The van der Waals surface area contributed by atoms with E-state index in [-0.39, 0.29) is 0 Å². The average Bonchev–Trinajstić information content (AvgIpc) is 3.18. The molecule has 2 amide bonds. The van der Waals surface area contributed by atoms with Crippen LogP contribution in [0.2, 0.25) is 0 Å². The number of fused-ring (bicyclic) bond motifs is 1. The van der Waals surface area contributed by atoms with Gasteiger partial charge in [-0.2, -0.15) is 10.1 Å². The van der Waals surface area contributed by atoms with E-state index >= 15 is 0 Å². The van der Waals surface area contributed by atoms with Crippen LogP contribution in [0, 0.1) is 13.8 Å². The number of amides is 2. The van der Waals surface area contributed by atoms with Gasteiger partial charge < -0.3 is 9.30 Å². The van der Waals surface area contributed by atoms with Gasteiger partial charge in [0.05, 0.1) is 30.0 Å². The molecule has 0 fully saturated rings. The quantitative estimate of drug-likeness (QED) is 0.381. The lowest BCUT2D eigenvalue weighted by Gasteiger charge is -2.10. The van der Waals surface area contributed by atoms with Crippen LogP contribution in [0.25, 0.3) is 5.69 Å². The summed E-state index contributed by atoms with van der Waals surface area (Å²) in [6.07, 6.45) is 1.52. The molecule has 0 radical (unpaired) electrons. The zero-order valence-corrected chi connectivity index (χ0v) is 16.7. The topological polar surface area (TPSA) is 81.0 Å². The highest BCUT2D eigenvalue weighted by Gasteiger charge is 2.35.